The van der Waals surface area contributed by atoms with Crippen molar-refractivity contribution < 1.29 is 9.90 Å². The van der Waals surface area contributed by atoms with Gasteiger partial charge in [0.2, 0.25) is 0 Å². The maximum Gasteiger partial charge on any atom is 0.307 e. The predicted octanol–water partition coefficient (Wildman–Crippen LogP) is 3.07. The molecule has 0 bridgehead atoms. The monoisotopic (exact) mass is 312 g/mol. The van der Waals surface area contributed by atoms with Gasteiger partial charge in [0.1, 0.15) is 0 Å². The highest BCUT2D eigenvalue weighted by Gasteiger charge is 2.03. The molecular weight excluding hydrogens is 303 g/mol. The normalized spacial score (nSPS) is 10.5. The van der Waals surface area contributed by atoms with Crippen LogP contribution in [0.15, 0.2) is 36.4 Å². The van der Waals surface area contributed by atoms with Crippen molar-refractivity contribution in [3.63, 3.8) is 0 Å². The Bertz CT molecular complexity index is 520. The summed E-state index contributed by atoms with van der Waals surface area (Å²) in [5, 5.41) is 11.0. The van der Waals surface area contributed by atoms with Crippen LogP contribution >= 0.6 is 22.6 Å². The van der Waals surface area contributed by atoms with Gasteiger partial charge in [0, 0.05) is 3.57 Å². The van der Waals surface area contributed by atoms with Crippen LogP contribution in [-0.2, 0) is 11.2 Å². The first-order valence-corrected chi connectivity index (χ1v) is 5.63. The van der Waals surface area contributed by atoms with E-state index in [2.05, 4.69) is 22.6 Å². The molecule has 0 aliphatic heterocycles. The van der Waals surface area contributed by atoms with Crippen LogP contribution in [0.4, 0.5) is 0 Å². The van der Waals surface area contributed by atoms with E-state index in [4.69, 9.17) is 5.11 Å². The maximum absolute atomic E-state index is 10.6. The van der Waals surface area contributed by atoms with E-state index in [0.29, 0.717) is 0 Å². The molecule has 2 aromatic carbocycles. The highest BCUT2D eigenvalue weighted by Crippen LogP contribution is 2.21. The van der Waals surface area contributed by atoms with Gasteiger partial charge in [-0.1, -0.05) is 24.3 Å². The van der Waals surface area contributed by atoms with Crippen molar-refractivity contribution in [1.82, 2.24) is 0 Å². The average molecular weight is 312 g/mol. The molecule has 0 aliphatic carbocycles. The van der Waals surface area contributed by atoms with Crippen molar-refractivity contribution in [1.29, 1.82) is 0 Å². The Morgan fingerprint density at radius 1 is 1.27 bits per heavy atom. The molecule has 0 heterocycles. The third-order valence-electron chi connectivity index (χ3n) is 2.25. The van der Waals surface area contributed by atoms with E-state index in [1.165, 1.54) is 0 Å². The number of rotatable bonds is 2. The van der Waals surface area contributed by atoms with Crippen LogP contribution in [0, 0.1) is 3.57 Å². The highest BCUT2D eigenvalue weighted by atomic mass is 127. The predicted molar refractivity (Wildman–Crippen MR) is 68.0 cm³/mol. The second kappa shape index (κ2) is 4.18. The van der Waals surface area contributed by atoms with E-state index in [9.17, 15) is 4.79 Å². The largest absolute Gasteiger partial charge is 0.481 e. The quantitative estimate of drug-likeness (QED) is 0.865. The summed E-state index contributed by atoms with van der Waals surface area (Å²) < 4.78 is 1.15. The lowest BCUT2D eigenvalue weighted by Gasteiger charge is -2.03. The zero-order chi connectivity index (χ0) is 10.8. The molecule has 15 heavy (non-hydrogen) atoms. The fourth-order valence-corrected chi connectivity index (χ4v) is 2.24. The number of carboxylic acid groups (broad SMARTS) is 1. The van der Waals surface area contributed by atoms with E-state index in [-0.39, 0.29) is 6.42 Å². The van der Waals surface area contributed by atoms with Gasteiger partial charge in [-0.25, -0.2) is 0 Å². The van der Waals surface area contributed by atoms with E-state index in [1.807, 2.05) is 36.4 Å². The standard InChI is InChI=1S/C12H9IO2/c13-11-3-1-2-9-5-4-8(6-10(9)11)7-12(14)15/h1-6H,7H2,(H,14,15). The van der Waals surface area contributed by atoms with Crippen LogP contribution in [0.1, 0.15) is 5.56 Å². The van der Waals surface area contributed by atoms with E-state index < -0.39 is 5.97 Å². The first kappa shape index (κ1) is 10.4. The SMILES string of the molecule is O=C(O)Cc1ccc2cccc(I)c2c1. The molecule has 0 saturated carbocycles. The maximum atomic E-state index is 10.6. The summed E-state index contributed by atoms with van der Waals surface area (Å²) in [5.41, 5.74) is 0.846. The van der Waals surface area contributed by atoms with Gasteiger partial charge in [-0.05, 0) is 51.1 Å². The number of carboxylic acids is 1. The highest BCUT2D eigenvalue weighted by molar-refractivity contribution is 14.1. The molecule has 0 saturated heterocycles. The lowest BCUT2D eigenvalue weighted by Crippen LogP contribution is -1.99. The number of hydrogen-bond acceptors (Lipinski definition) is 1. The Hall–Kier alpha value is -1.10. The number of benzene rings is 2. The Labute approximate surface area is 101 Å². The minimum Gasteiger partial charge on any atom is -0.481 e. The molecule has 0 aromatic heterocycles. The summed E-state index contributed by atoms with van der Waals surface area (Å²) in [6.07, 6.45) is 0.0842. The fraction of sp³-hybridized carbons (Fsp3) is 0.0833. The summed E-state index contributed by atoms with van der Waals surface area (Å²) in [4.78, 5) is 10.6. The Morgan fingerprint density at radius 2 is 2.07 bits per heavy atom. The van der Waals surface area contributed by atoms with Gasteiger partial charge in [-0.2, -0.15) is 0 Å². The number of carbonyl (C=O) groups is 1. The Balaban J connectivity index is 2.54. The number of fused-ring (bicyclic) bond motifs is 1. The summed E-state index contributed by atoms with van der Waals surface area (Å²) >= 11 is 2.26. The van der Waals surface area contributed by atoms with Crippen molar-refractivity contribution in [3.05, 3.63) is 45.5 Å². The topological polar surface area (TPSA) is 37.3 Å². The van der Waals surface area contributed by atoms with Gasteiger partial charge >= 0.3 is 5.97 Å². The first-order valence-electron chi connectivity index (χ1n) is 4.56. The number of aliphatic carboxylic acids is 1. The van der Waals surface area contributed by atoms with E-state index in [1.54, 1.807) is 0 Å². The first-order chi connectivity index (χ1) is 7.16. The number of halogens is 1. The zero-order valence-electron chi connectivity index (χ0n) is 7.90. The molecule has 0 atom stereocenters. The Kier molecular flexibility index (Phi) is 2.90. The molecule has 0 fully saturated rings. The third-order valence-corrected chi connectivity index (χ3v) is 3.19. The summed E-state index contributed by atoms with van der Waals surface area (Å²) in [5.74, 6) is -0.791. The zero-order valence-corrected chi connectivity index (χ0v) is 10.1. The van der Waals surface area contributed by atoms with Gasteiger partial charge in [-0.15, -0.1) is 0 Å². The van der Waals surface area contributed by atoms with Crippen LogP contribution in [0.3, 0.4) is 0 Å². The average Bonchev–Trinajstić information content (AvgIpc) is 2.18. The molecule has 76 valence electrons. The fourth-order valence-electron chi connectivity index (χ4n) is 1.57. The smallest absolute Gasteiger partial charge is 0.307 e. The van der Waals surface area contributed by atoms with Gasteiger partial charge in [0.15, 0.2) is 0 Å². The lowest BCUT2D eigenvalue weighted by atomic mass is 10.1. The van der Waals surface area contributed by atoms with Gasteiger partial charge in [-0.3, -0.25) is 4.79 Å². The molecule has 0 radical (unpaired) electrons. The minimum absolute atomic E-state index is 0.0842. The molecular formula is C12H9IO2. The van der Waals surface area contributed by atoms with Crippen LogP contribution in [-0.4, -0.2) is 11.1 Å². The molecule has 2 rings (SSSR count). The molecule has 0 unspecified atom stereocenters. The molecule has 2 nitrogen and oxygen atoms in total. The Morgan fingerprint density at radius 3 is 2.80 bits per heavy atom. The van der Waals surface area contributed by atoms with Gasteiger partial charge in [0.25, 0.3) is 0 Å². The van der Waals surface area contributed by atoms with Crippen molar-refractivity contribution in [3.8, 4) is 0 Å². The van der Waals surface area contributed by atoms with Crippen molar-refractivity contribution in [2.24, 2.45) is 0 Å². The van der Waals surface area contributed by atoms with Gasteiger partial charge < -0.3 is 5.11 Å². The molecule has 1 N–H and O–H groups in total. The van der Waals surface area contributed by atoms with Crippen molar-refractivity contribution in [2.75, 3.05) is 0 Å². The molecule has 2 aromatic rings. The number of hydrogen-bond donors (Lipinski definition) is 1. The molecule has 3 heteroatoms. The third kappa shape index (κ3) is 2.28. The van der Waals surface area contributed by atoms with Crippen LogP contribution in [0.25, 0.3) is 10.8 Å². The molecule has 0 amide bonds. The minimum atomic E-state index is -0.791. The summed E-state index contributed by atoms with van der Waals surface area (Å²) in [6.45, 7) is 0. The van der Waals surface area contributed by atoms with E-state index in [0.717, 1.165) is 19.9 Å². The second-order valence-electron chi connectivity index (χ2n) is 3.37. The lowest BCUT2D eigenvalue weighted by molar-refractivity contribution is -0.136. The van der Waals surface area contributed by atoms with Crippen LogP contribution < -0.4 is 0 Å². The van der Waals surface area contributed by atoms with Crippen molar-refractivity contribution in [2.45, 2.75) is 6.42 Å². The molecule has 0 spiro atoms. The van der Waals surface area contributed by atoms with Crippen LogP contribution in [0.5, 0.6) is 0 Å². The van der Waals surface area contributed by atoms with Crippen LogP contribution in [0.2, 0.25) is 0 Å². The molecule has 0 aliphatic rings. The summed E-state index contributed by atoms with van der Waals surface area (Å²) in [7, 11) is 0. The van der Waals surface area contributed by atoms with Crippen molar-refractivity contribution >= 4 is 39.3 Å². The summed E-state index contributed by atoms with van der Waals surface area (Å²) in [6, 6.07) is 11.8. The second-order valence-corrected chi connectivity index (χ2v) is 4.53. The van der Waals surface area contributed by atoms with E-state index >= 15 is 0 Å². The van der Waals surface area contributed by atoms with Gasteiger partial charge in [0.05, 0.1) is 6.42 Å².